The average molecular weight is 227 g/mol. The zero-order chi connectivity index (χ0) is 12.3. The lowest BCUT2D eigenvalue weighted by Crippen LogP contribution is -2.00. The highest BCUT2D eigenvalue weighted by Gasteiger charge is 2.11. The van der Waals surface area contributed by atoms with Crippen molar-refractivity contribution in [3.8, 4) is 11.1 Å². The molecule has 0 unspecified atom stereocenters. The summed E-state index contributed by atoms with van der Waals surface area (Å²) in [6.45, 7) is 0. The minimum absolute atomic E-state index is 0.121. The number of hydrogen-bond donors (Lipinski definition) is 1. The van der Waals surface area contributed by atoms with Crippen LogP contribution >= 0.6 is 0 Å². The largest absolute Gasteiger partial charge is 0.478 e. The summed E-state index contributed by atoms with van der Waals surface area (Å²) in [6, 6.07) is 8.40. The van der Waals surface area contributed by atoms with Crippen LogP contribution < -0.4 is 0 Å². The van der Waals surface area contributed by atoms with Gasteiger partial charge in [-0.15, -0.1) is 0 Å². The maximum atomic E-state index is 11.0. The van der Waals surface area contributed by atoms with Gasteiger partial charge in [0.05, 0.1) is 5.56 Å². The lowest BCUT2D eigenvalue weighted by molar-refractivity contribution is 0.0697. The highest BCUT2D eigenvalue weighted by molar-refractivity contribution is 5.96. The van der Waals surface area contributed by atoms with Crippen LogP contribution in [0.2, 0.25) is 0 Å². The molecule has 0 spiro atoms. The zero-order valence-corrected chi connectivity index (χ0v) is 8.83. The number of aromatic carboxylic acids is 1. The van der Waals surface area contributed by atoms with Crippen LogP contribution in [0, 0.1) is 0 Å². The molecule has 4 nitrogen and oxygen atoms in total. The van der Waals surface area contributed by atoms with Crippen LogP contribution in [0.25, 0.3) is 11.1 Å². The standard InChI is InChI=1S/C13H9NO3/c15-8-9-2-1-3-10(6-9)11-4-5-14-7-12(11)13(16)17/h1-8H,(H,16,17). The minimum Gasteiger partial charge on any atom is -0.478 e. The molecule has 2 rings (SSSR count). The van der Waals surface area contributed by atoms with E-state index < -0.39 is 5.97 Å². The second kappa shape index (κ2) is 4.57. The van der Waals surface area contributed by atoms with Crippen LogP contribution in [0.5, 0.6) is 0 Å². The molecule has 0 atom stereocenters. The Labute approximate surface area is 97.6 Å². The summed E-state index contributed by atoms with van der Waals surface area (Å²) in [6.07, 6.45) is 3.55. The summed E-state index contributed by atoms with van der Waals surface area (Å²) in [5.41, 5.74) is 1.87. The SMILES string of the molecule is O=Cc1cccc(-c2ccncc2C(=O)O)c1. The number of hydrogen-bond acceptors (Lipinski definition) is 3. The number of rotatable bonds is 3. The van der Waals surface area contributed by atoms with Crippen molar-refractivity contribution < 1.29 is 14.7 Å². The molecule has 0 aliphatic heterocycles. The fourth-order valence-electron chi connectivity index (χ4n) is 1.60. The molecule has 1 N–H and O–H groups in total. The van der Waals surface area contributed by atoms with Crippen LogP contribution in [0.1, 0.15) is 20.7 Å². The number of carbonyl (C=O) groups is 2. The van der Waals surface area contributed by atoms with E-state index in [0.29, 0.717) is 16.7 Å². The van der Waals surface area contributed by atoms with Crippen LogP contribution in [0.3, 0.4) is 0 Å². The fraction of sp³-hybridized carbons (Fsp3) is 0. The summed E-state index contributed by atoms with van der Waals surface area (Å²) in [4.78, 5) is 25.5. The Hall–Kier alpha value is -2.49. The summed E-state index contributed by atoms with van der Waals surface area (Å²) >= 11 is 0. The first-order chi connectivity index (χ1) is 8.22. The lowest BCUT2D eigenvalue weighted by Gasteiger charge is -2.05. The molecular formula is C13H9NO3. The van der Waals surface area contributed by atoms with Crippen molar-refractivity contribution in [2.24, 2.45) is 0 Å². The number of pyridine rings is 1. The third kappa shape index (κ3) is 2.20. The Morgan fingerprint density at radius 2 is 2.12 bits per heavy atom. The van der Waals surface area contributed by atoms with E-state index in [1.165, 1.54) is 12.4 Å². The molecule has 1 heterocycles. The molecule has 0 aliphatic carbocycles. The third-order valence-corrected chi connectivity index (χ3v) is 2.39. The number of nitrogens with zero attached hydrogens (tertiary/aromatic N) is 1. The van der Waals surface area contributed by atoms with E-state index in [9.17, 15) is 9.59 Å². The Balaban J connectivity index is 2.59. The van der Waals surface area contributed by atoms with Gasteiger partial charge in [0.15, 0.2) is 0 Å². The topological polar surface area (TPSA) is 67.3 Å². The van der Waals surface area contributed by atoms with Crippen molar-refractivity contribution in [1.82, 2.24) is 4.98 Å². The van der Waals surface area contributed by atoms with Crippen molar-refractivity contribution in [1.29, 1.82) is 0 Å². The van der Waals surface area contributed by atoms with Crippen LogP contribution in [-0.2, 0) is 0 Å². The van der Waals surface area contributed by atoms with Gasteiger partial charge in [0.25, 0.3) is 0 Å². The normalized spacial score (nSPS) is 9.88. The quantitative estimate of drug-likeness (QED) is 0.816. The van der Waals surface area contributed by atoms with Crippen molar-refractivity contribution in [2.75, 3.05) is 0 Å². The van der Waals surface area contributed by atoms with E-state index in [1.807, 2.05) is 0 Å². The molecule has 0 bridgehead atoms. The van der Waals surface area contributed by atoms with E-state index in [-0.39, 0.29) is 5.56 Å². The van der Waals surface area contributed by atoms with E-state index in [1.54, 1.807) is 30.3 Å². The van der Waals surface area contributed by atoms with Gasteiger partial charge < -0.3 is 5.11 Å². The van der Waals surface area contributed by atoms with Gasteiger partial charge in [0.1, 0.15) is 6.29 Å². The highest BCUT2D eigenvalue weighted by atomic mass is 16.4. The van der Waals surface area contributed by atoms with Gasteiger partial charge >= 0.3 is 5.97 Å². The molecule has 0 aliphatic rings. The molecule has 0 saturated heterocycles. The number of carbonyl (C=O) groups excluding carboxylic acids is 1. The predicted molar refractivity (Wildman–Crippen MR) is 62.0 cm³/mol. The first kappa shape index (κ1) is 11.0. The average Bonchev–Trinajstić information content (AvgIpc) is 2.39. The van der Waals surface area contributed by atoms with Gasteiger partial charge in [-0.3, -0.25) is 9.78 Å². The van der Waals surface area contributed by atoms with Gasteiger partial charge in [-0.1, -0.05) is 18.2 Å². The highest BCUT2D eigenvalue weighted by Crippen LogP contribution is 2.23. The van der Waals surface area contributed by atoms with Crippen LogP contribution in [0.4, 0.5) is 0 Å². The maximum absolute atomic E-state index is 11.0. The zero-order valence-electron chi connectivity index (χ0n) is 8.83. The van der Waals surface area contributed by atoms with Crippen molar-refractivity contribution in [3.05, 3.63) is 53.9 Å². The maximum Gasteiger partial charge on any atom is 0.337 e. The molecule has 84 valence electrons. The van der Waals surface area contributed by atoms with Gasteiger partial charge in [-0.25, -0.2) is 4.79 Å². The Bertz CT molecular complexity index is 578. The predicted octanol–water partition coefficient (Wildman–Crippen LogP) is 2.26. The van der Waals surface area contributed by atoms with Crippen molar-refractivity contribution in [2.45, 2.75) is 0 Å². The third-order valence-electron chi connectivity index (χ3n) is 2.39. The second-order valence-electron chi connectivity index (χ2n) is 3.47. The fourth-order valence-corrected chi connectivity index (χ4v) is 1.60. The molecule has 0 amide bonds. The van der Waals surface area contributed by atoms with Crippen molar-refractivity contribution in [3.63, 3.8) is 0 Å². The number of aromatic nitrogens is 1. The molecular weight excluding hydrogens is 218 g/mol. The van der Waals surface area contributed by atoms with Crippen LogP contribution in [0.15, 0.2) is 42.7 Å². The van der Waals surface area contributed by atoms with Crippen LogP contribution in [-0.4, -0.2) is 22.3 Å². The second-order valence-corrected chi connectivity index (χ2v) is 3.47. The first-order valence-corrected chi connectivity index (χ1v) is 4.95. The smallest absolute Gasteiger partial charge is 0.337 e. The summed E-state index contributed by atoms with van der Waals surface area (Å²) in [7, 11) is 0. The molecule has 0 saturated carbocycles. The van der Waals surface area contributed by atoms with Gasteiger partial charge in [0.2, 0.25) is 0 Å². The number of carboxylic acids is 1. The summed E-state index contributed by atoms with van der Waals surface area (Å²) in [5, 5.41) is 9.04. The van der Waals surface area contributed by atoms with Gasteiger partial charge in [-0.2, -0.15) is 0 Å². The monoisotopic (exact) mass is 227 g/mol. The van der Waals surface area contributed by atoms with Gasteiger partial charge in [0, 0.05) is 18.0 Å². The van der Waals surface area contributed by atoms with E-state index >= 15 is 0 Å². The summed E-state index contributed by atoms with van der Waals surface area (Å²) in [5.74, 6) is -1.04. The molecule has 4 heteroatoms. The number of aldehydes is 1. The van der Waals surface area contributed by atoms with Crippen molar-refractivity contribution >= 4 is 12.3 Å². The Morgan fingerprint density at radius 1 is 1.29 bits per heavy atom. The Kier molecular flexibility index (Phi) is 2.96. The molecule has 0 fully saturated rings. The molecule has 1 aromatic carbocycles. The van der Waals surface area contributed by atoms with E-state index in [0.717, 1.165) is 6.29 Å². The van der Waals surface area contributed by atoms with E-state index in [4.69, 9.17) is 5.11 Å². The molecule has 0 radical (unpaired) electrons. The first-order valence-electron chi connectivity index (χ1n) is 4.95. The van der Waals surface area contributed by atoms with E-state index in [2.05, 4.69) is 4.98 Å². The lowest BCUT2D eigenvalue weighted by atomic mass is 10.0. The number of benzene rings is 1. The minimum atomic E-state index is -1.04. The Morgan fingerprint density at radius 3 is 2.82 bits per heavy atom. The molecule has 1 aromatic heterocycles. The molecule has 17 heavy (non-hydrogen) atoms. The van der Waals surface area contributed by atoms with Gasteiger partial charge in [-0.05, 0) is 23.3 Å². The molecule has 2 aromatic rings. The summed E-state index contributed by atoms with van der Waals surface area (Å²) < 4.78 is 0. The number of carboxylic acid groups (broad SMARTS) is 1.